The van der Waals surface area contributed by atoms with E-state index < -0.39 is 16.9 Å². The second-order valence-electron chi connectivity index (χ2n) is 5.11. The van der Waals surface area contributed by atoms with Crippen molar-refractivity contribution in [3.05, 3.63) is 33.4 Å². The van der Waals surface area contributed by atoms with Gasteiger partial charge in [0.05, 0.1) is 22.8 Å². The predicted molar refractivity (Wildman–Crippen MR) is 85.7 cm³/mol. The van der Waals surface area contributed by atoms with Crippen LogP contribution in [0.25, 0.3) is 0 Å². The number of ether oxygens (including phenoxy) is 1. The van der Waals surface area contributed by atoms with Crippen molar-refractivity contribution in [3.63, 3.8) is 0 Å². The van der Waals surface area contributed by atoms with E-state index in [1.807, 2.05) is 0 Å². The fourth-order valence-electron chi connectivity index (χ4n) is 2.03. The highest BCUT2D eigenvalue weighted by atomic mass is 16.6. The summed E-state index contributed by atoms with van der Waals surface area (Å²) in [5, 5.41) is 16.2. The number of benzene rings is 1. The van der Waals surface area contributed by atoms with Gasteiger partial charge in [0.15, 0.2) is 0 Å². The van der Waals surface area contributed by atoms with E-state index >= 15 is 0 Å². The molecule has 0 saturated carbocycles. The molecule has 0 aliphatic carbocycles. The molecule has 0 aromatic heterocycles. The van der Waals surface area contributed by atoms with Crippen LogP contribution < -0.4 is 10.6 Å². The molecule has 0 spiro atoms. The number of urea groups is 1. The summed E-state index contributed by atoms with van der Waals surface area (Å²) in [6, 6.07) is 1.81. The predicted octanol–water partition coefficient (Wildman–Crippen LogP) is 2.86. The summed E-state index contributed by atoms with van der Waals surface area (Å²) in [4.78, 5) is 34.5. The lowest BCUT2D eigenvalue weighted by molar-refractivity contribution is -0.384. The lowest BCUT2D eigenvalue weighted by Crippen LogP contribution is -2.34. The van der Waals surface area contributed by atoms with Crippen LogP contribution in [-0.2, 0) is 11.2 Å². The van der Waals surface area contributed by atoms with Gasteiger partial charge in [-0.25, -0.2) is 9.59 Å². The Morgan fingerprint density at radius 2 is 1.96 bits per heavy atom. The van der Waals surface area contributed by atoms with Crippen molar-refractivity contribution in [3.8, 4) is 0 Å². The van der Waals surface area contributed by atoms with E-state index in [1.165, 1.54) is 6.07 Å². The van der Waals surface area contributed by atoms with Crippen LogP contribution in [0.2, 0.25) is 0 Å². The molecule has 0 heterocycles. The maximum atomic E-state index is 12.2. The molecule has 8 heteroatoms. The minimum absolute atomic E-state index is 0.0626. The Morgan fingerprint density at radius 3 is 2.43 bits per heavy atom. The van der Waals surface area contributed by atoms with Gasteiger partial charge in [-0.3, -0.25) is 10.1 Å². The van der Waals surface area contributed by atoms with Gasteiger partial charge in [-0.15, -0.1) is 0 Å². The van der Waals surface area contributed by atoms with Gasteiger partial charge < -0.3 is 15.4 Å². The lowest BCUT2D eigenvalue weighted by atomic mass is 10.0. The fourth-order valence-corrected chi connectivity index (χ4v) is 2.03. The number of hydrogen-bond acceptors (Lipinski definition) is 5. The van der Waals surface area contributed by atoms with E-state index in [1.54, 1.807) is 27.7 Å². The molecule has 0 fully saturated rings. The topological polar surface area (TPSA) is 111 Å². The fraction of sp³-hybridized carbons (Fsp3) is 0.467. The molecular weight excluding hydrogens is 302 g/mol. The van der Waals surface area contributed by atoms with Crippen LogP contribution in [0, 0.1) is 10.1 Å². The van der Waals surface area contributed by atoms with E-state index in [0.29, 0.717) is 12.0 Å². The van der Waals surface area contributed by atoms with Crippen molar-refractivity contribution in [2.24, 2.45) is 0 Å². The summed E-state index contributed by atoms with van der Waals surface area (Å²) >= 11 is 0. The average Bonchev–Trinajstić information content (AvgIpc) is 2.45. The number of non-ortho nitro benzene ring substituents is 1. The van der Waals surface area contributed by atoms with Gasteiger partial charge in [-0.05, 0) is 32.8 Å². The number of carbonyl (C=O) groups is 2. The summed E-state index contributed by atoms with van der Waals surface area (Å²) in [7, 11) is 0. The first-order valence-corrected chi connectivity index (χ1v) is 7.36. The Kier molecular flexibility index (Phi) is 6.49. The summed E-state index contributed by atoms with van der Waals surface area (Å²) < 4.78 is 4.99. The van der Waals surface area contributed by atoms with Crippen LogP contribution in [0.3, 0.4) is 0 Å². The Balaban J connectivity index is 3.36. The molecule has 0 saturated heterocycles. The third kappa shape index (κ3) is 4.94. The maximum Gasteiger partial charge on any atom is 0.340 e. The molecular formula is C15H21N3O5. The number of amides is 2. The number of nitro groups is 1. The summed E-state index contributed by atoms with van der Waals surface area (Å²) in [5.74, 6) is -0.626. The molecule has 126 valence electrons. The molecule has 0 radical (unpaired) electrons. The SMILES string of the molecule is CCOC(=O)c1c(CC)cc([N+](=O)[O-])cc1NC(=O)NC(C)C. The number of nitro benzene ring substituents is 1. The van der Waals surface area contributed by atoms with Crippen molar-refractivity contribution >= 4 is 23.4 Å². The lowest BCUT2D eigenvalue weighted by Gasteiger charge is -2.15. The number of carbonyl (C=O) groups excluding carboxylic acids is 2. The molecule has 8 nitrogen and oxygen atoms in total. The van der Waals surface area contributed by atoms with Crippen LogP contribution in [-0.4, -0.2) is 29.6 Å². The zero-order chi connectivity index (χ0) is 17.6. The monoisotopic (exact) mass is 323 g/mol. The summed E-state index contributed by atoms with van der Waals surface area (Å²) in [6.07, 6.45) is 0.385. The molecule has 2 amide bonds. The Hall–Kier alpha value is -2.64. The highest BCUT2D eigenvalue weighted by molar-refractivity contribution is 6.02. The highest BCUT2D eigenvalue weighted by Crippen LogP contribution is 2.28. The highest BCUT2D eigenvalue weighted by Gasteiger charge is 2.23. The van der Waals surface area contributed by atoms with E-state index in [2.05, 4.69) is 10.6 Å². The first kappa shape index (κ1) is 18.4. The van der Waals surface area contributed by atoms with Crippen molar-refractivity contribution < 1.29 is 19.2 Å². The minimum Gasteiger partial charge on any atom is -0.462 e. The van der Waals surface area contributed by atoms with Crippen molar-refractivity contribution in [2.45, 2.75) is 40.2 Å². The number of anilines is 1. The first-order chi connectivity index (χ1) is 10.8. The average molecular weight is 323 g/mol. The van der Waals surface area contributed by atoms with Gasteiger partial charge in [-0.2, -0.15) is 0 Å². The number of nitrogens with one attached hydrogen (secondary N) is 2. The van der Waals surface area contributed by atoms with Gasteiger partial charge in [0.1, 0.15) is 0 Å². The van der Waals surface area contributed by atoms with E-state index in [4.69, 9.17) is 4.74 Å². The summed E-state index contributed by atoms with van der Waals surface area (Å²) in [6.45, 7) is 7.14. The molecule has 1 rings (SSSR count). The normalized spacial score (nSPS) is 10.3. The smallest absolute Gasteiger partial charge is 0.340 e. The first-order valence-electron chi connectivity index (χ1n) is 7.36. The van der Waals surface area contributed by atoms with Gasteiger partial charge in [0.2, 0.25) is 0 Å². The van der Waals surface area contributed by atoms with Crippen LogP contribution in [0.15, 0.2) is 12.1 Å². The number of esters is 1. The Morgan fingerprint density at radius 1 is 1.30 bits per heavy atom. The second kappa shape index (κ2) is 8.11. The van der Waals surface area contributed by atoms with Crippen LogP contribution in [0.5, 0.6) is 0 Å². The quantitative estimate of drug-likeness (QED) is 0.475. The maximum absolute atomic E-state index is 12.2. The molecule has 2 N–H and O–H groups in total. The van der Waals surface area contributed by atoms with E-state index in [0.717, 1.165) is 6.07 Å². The molecule has 0 aliphatic rings. The number of aryl methyl sites for hydroxylation is 1. The Labute approximate surface area is 134 Å². The van der Waals surface area contributed by atoms with E-state index in [-0.39, 0.29) is 29.6 Å². The molecule has 0 bridgehead atoms. The van der Waals surface area contributed by atoms with Gasteiger partial charge in [-0.1, -0.05) is 6.92 Å². The standard InChI is InChI=1S/C15H21N3O5/c1-5-10-7-11(18(21)22)8-12(13(10)14(19)23-6-2)17-15(20)16-9(3)4/h7-9H,5-6H2,1-4H3,(H2,16,17,20). The third-order valence-electron chi connectivity index (χ3n) is 2.94. The van der Waals surface area contributed by atoms with Crippen LogP contribution >= 0.6 is 0 Å². The Bertz CT molecular complexity index is 613. The van der Waals surface area contributed by atoms with Crippen molar-refractivity contribution in [1.29, 1.82) is 0 Å². The molecule has 1 aromatic rings. The molecule has 1 aromatic carbocycles. The molecule has 0 aliphatic heterocycles. The molecule has 23 heavy (non-hydrogen) atoms. The van der Waals surface area contributed by atoms with Gasteiger partial charge in [0, 0.05) is 18.2 Å². The second-order valence-corrected chi connectivity index (χ2v) is 5.11. The van der Waals surface area contributed by atoms with Crippen LogP contribution in [0.1, 0.15) is 43.6 Å². The van der Waals surface area contributed by atoms with E-state index in [9.17, 15) is 19.7 Å². The largest absolute Gasteiger partial charge is 0.462 e. The summed E-state index contributed by atoms with van der Waals surface area (Å²) in [5.41, 5.74) is 0.443. The van der Waals surface area contributed by atoms with Crippen LogP contribution in [0.4, 0.5) is 16.2 Å². The minimum atomic E-state index is -0.626. The van der Waals surface area contributed by atoms with Crippen molar-refractivity contribution in [2.75, 3.05) is 11.9 Å². The zero-order valence-electron chi connectivity index (χ0n) is 13.6. The molecule has 0 atom stereocenters. The number of hydrogen-bond donors (Lipinski definition) is 2. The molecule has 0 unspecified atom stereocenters. The third-order valence-corrected chi connectivity index (χ3v) is 2.94. The van der Waals surface area contributed by atoms with Crippen molar-refractivity contribution in [1.82, 2.24) is 5.32 Å². The number of rotatable bonds is 6. The van der Waals surface area contributed by atoms with Gasteiger partial charge >= 0.3 is 12.0 Å². The zero-order valence-corrected chi connectivity index (χ0v) is 13.6. The number of nitrogens with zero attached hydrogens (tertiary/aromatic N) is 1. The van der Waals surface area contributed by atoms with Gasteiger partial charge in [0.25, 0.3) is 5.69 Å².